The third kappa shape index (κ3) is 3.30. The molecular formula is C17H24N2O3. The Balaban J connectivity index is 2.04. The summed E-state index contributed by atoms with van der Waals surface area (Å²) in [4.78, 5) is 26.0. The lowest BCUT2D eigenvalue weighted by atomic mass is 9.98. The van der Waals surface area contributed by atoms with Crippen molar-refractivity contribution in [1.29, 1.82) is 0 Å². The molecule has 5 heteroatoms. The highest BCUT2D eigenvalue weighted by Crippen LogP contribution is 2.28. The highest BCUT2D eigenvalue weighted by Gasteiger charge is 2.31. The lowest BCUT2D eigenvalue weighted by Crippen LogP contribution is -2.48. The predicted molar refractivity (Wildman–Crippen MR) is 85.8 cm³/mol. The van der Waals surface area contributed by atoms with Gasteiger partial charge in [0.2, 0.25) is 0 Å². The van der Waals surface area contributed by atoms with Crippen LogP contribution in [-0.4, -0.2) is 35.6 Å². The molecule has 1 aromatic carbocycles. The van der Waals surface area contributed by atoms with E-state index in [0.29, 0.717) is 19.4 Å². The summed E-state index contributed by atoms with van der Waals surface area (Å²) in [6, 6.07) is 5.94. The van der Waals surface area contributed by atoms with Gasteiger partial charge >= 0.3 is 11.8 Å². The molecule has 0 radical (unpaired) electrons. The third-order valence-corrected chi connectivity index (χ3v) is 4.47. The summed E-state index contributed by atoms with van der Waals surface area (Å²) in [5, 5.41) is 12.7. The average Bonchev–Trinajstić information content (AvgIpc) is 2.94. The second-order valence-electron chi connectivity index (χ2n) is 5.95. The number of rotatable bonds is 4. The Kier molecular flexibility index (Phi) is 4.86. The monoisotopic (exact) mass is 304 g/mol. The quantitative estimate of drug-likeness (QED) is 0.829. The predicted octanol–water partition coefficient (Wildman–Crippen LogP) is 1.55. The maximum Gasteiger partial charge on any atom is 0.316 e. The highest BCUT2D eigenvalue weighted by molar-refractivity contribution is 6.40. The van der Waals surface area contributed by atoms with Crippen LogP contribution in [0.1, 0.15) is 37.8 Å². The lowest BCUT2D eigenvalue weighted by Gasteiger charge is -2.25. The van der Waals surface area contributed by atoms with E-state index in [1.165, 1.54) is 4.90 Å². The van der Waals surface area contributed by atoms with Crippen LogP contribution >= 0.6 is 0 Å². The third-order valence-electron chi connectivity index (χ3n) is 4.47. The summed E-state index contributed by atoms with van der Waals surface area (Å²) >= 11 is 0. The lowest BCUT2D eigenvalue weighted by molar-refractivity contribution is -0.138. The van der Waals surface area contributed by atoms with Crippen LogP contribution in [0.3, 0.4) is 0 Å². The van der Waals surface area contributed by atoms with Gasteiger partial charge < -0.3 is 15.3 Å². The molecule has 120 valence electrons. The first kappa shape index (κ1) is 16.5. The number of aryl methyl sites for hydroxylation is 1. The Morgan fingerprint density at radius 2 is 2.00 bits per heavy atom. The Morgan fingerprint density at radius 3 is 2.64 bits per heavy atom. The largest absolute Gasteiger partial charge is 0.388 e. The zero-order valence-corrected chi connectivity index (χ0v) is 13.5. The molecule has 1 aliphatic heterocycles. The van der Waals surface area contributed by atoms with E-state index >= 15 is 0 Å². The summed E-state index contributed by atoms with van der Waals surface area (Å²) in [5.41, 5.74) is 2.02. The van der Waals surface area contributed by atoms with Crippen LogP contribution in [0.4, 0.5) is 5.69 Å². The van der Waals surface area contributed by atoms with E-state index in [-0.39, 0.29) is 6.54 Å². The van der Waals surface area contributed by atoms with Crippen LogP contribution in [0.2, 0.25) is 0 Å². The zero-order valence-electron chi connectivity index (χ0n) is 13.5. The Morgan fingerprint density at radius 1 is 1.32 bits per heavy atom. The second-order valence-corrected chi connectivity index (χ2v) is 5.95. The summed E-state index contributed by atoms with van der Waals surface area (Å²) in [6.45, 7) is 6.30. The molecule has 2 N–H and O–H groups in total. The van der Waals surface area contributed by atoms with E-state index in [4.69, 9.17) is 0 Å². The molecule has 0 saturated carbocycles. The molecule has 0 bridgehead atoms. The Hall–Kier alpha value is -1.88. The topological polar surface area (TPSA) is 69.6 Å². The molecule has 1 aromatic rings. The maximum atomic E-state index is 12.3. The summed E-state index contributed by atoms with van der Waals surface area (Å²) < 4.78 is 0. The molecule has 0 aromatic heterocycles. The molecule has 2 rings (SSSR count). The number of carbonyl (C=O) groups excluding carboxylic acids is 2. The molecule has 5 nitrogen and oxygen atoms in total. The minimum Gasteiger partial charge on any atom is -0.388 e. The SMILES string of the molecule is CCC(O)(CC)CNC(=O)C(=O)N1CCc2ccc(C)cc21. The van der Waals surface area contributed by atoms with E-state index in [1.807, 2.05) is 39.0 Å². The molecular weight excluding hydrogens is 280 g/mol. The van der Waals surface area contributed by atoms with Gasteiger partial charge in [-0.1, -0.05) is 26.0 Å². The fourth-order valence-electron chi connectivity index (χ4n) is 2.64. The van der Waals surface area contributed by atoms with Crippen molar-refractivity contribution in [3.63, 3.8) is 0 Å². The molecule has 22 heavy (non-hydrogen) atoms. The van der Waals surface area contributed by atoms with Gasteiger partial charge in [0.05, 0.1) is 5.60 Å². The number of nitrogens with one attached hydrogen (secondary N) is 1. The normalized spacial score (nSPS) is 13.9. The van der Waals surface area contributed by atoms with Gasteiger partial charge in [-0.05, 0) is 43.4 Å². The van der Waals surface area contributed by atoms with Gasteiger partial charge in [-0.15, -0.1) is 0 Å². The number of hydrogen-bond donors (Lipinski definition) is 2. The van der Waals surface area contributed by atoms with E-state index in [0.717, 1.165) is 23.2 Å². The van der Waals surface area contributed by atoms with E-state index in [2.05, 4.69) is 5.32 Å². The molecule has 0 spiro atoms. The van der Waals surface area contributed by atoms with Gasteiger partial charge in [-0.3, -0.25) is 9.59 Å². The standard InChI is InChI=1S/C17H24N2O3/c1-4-17(22,5-2)11-18-15(20)16(21)19-9-8-13-7-6-12(3)10-14(13)19/h6-7,10,22H,4-5,8-9,11H2,1-3H3,(H,18,20). The van der Waals surface area contributed by atoms with E-state index in [1.54, 1.807) is 0 Å². The smallest absolute Gasteiger partial charge is 0.316 e. The van der Waals surface area contributed by atoms with Crippen molar-refractivity contribution >= 4 is 17.5 Å². The molecule has 1 aliphatic rings. The molecule has 0 unspecified atom stereocenters. The average molecular weight is 304 g/mol. The van der Waals surface area contributed by atoms with Crippen molar-refractivity contribution in [2.24, 2.45) is 0 Å². The van der Waals surface area contributed by atoms with Crippen molar-refractivity contribution in [1.82, 2.24) is 5.32 Å². The molecule has 0 atom stereocenters. The van der Waals surface area contributed by atoms with Crippen molar-refractivity contribution < 1.29 is 14.7 Å². The highest BCUT2D eigenvalue weighted by atomic mass is 16.3. The molecule has 0 saturated heterocycles. The minimum absolute atomic E-state index is 0.0963. The number of nitrogens with zero attached hydrogens (tertiary/aromatic N) is 1. The number of anilines is 1. The number of carbonyl (C=O) groups is 2. The van der Waals surface area contributed by atoms with Crippen LogP contribution in [0.25, 0.3) is 0 Å². The number of hydrogen-bond acceptors (Lipinski definition) is 3. The van der Waals surface area contributed by atoms with Crippen molar-refractivity contribution in [3.05, 3.63) is 29.3 Å². The summed E-state index contributed by atoms with van der Waals surface area (Å²) in [6.07, 6.45) is 1.83. The van der Waals surface area contributed by atoms with Crippen LogP contribution in [0, 0.1) is 6.92 Å². The van der Waals surface area contributed by atoms with E-state index in [9.17, 15) is 14.7 Å². The van der Waals surface area contributed by atoms with Gasteiger partial charge in [0, 0.05) is 18.8 Å². The Labute approximate surface area is 131 Å². The number of amides is 2. The Bertz CT molecular complexity index is 579. The second kappa shape index (κ2) is 6.48. The zero-order chi connectivity index (χ0) is 16.3. The van der Waals surface area contributed by atoms with Crippen LogP contribution in [0.15, 0.2) is 18.2 Å². The van der Waals surface area contributed by atoms with E-state index < -0.39 is 17.4 Å². The molecule has 1 heterocycles. The first-order valence-electron chi connectivity index (χ1n) is 7.82. The van der Waals surface area contributed by atoms with Gasteiger partial charge in [0.25, 0.3) is 0 Å². The van der Waals surface area contributed by atoms with Crippen molar-refractivity contribution in [2.45, 2.75) is 45.6 Å². The molecule has 0 fully saturated rings. The number of benzene rings is 1. The van der Waals surface area contributed by atoms with Gasteiger partial charge in [0.1, 0.15) is 0 Å². The molecule has 2 amide bonds. The summed E-state index contributed by atoms with van der Waals surface area (Å²) in [5.74, 6) is -1.21. The number of aliphatic hydroxyl groups is 1. The summed E-state index contributed by atoms with van der Waals surface area (Å²) in [7, 11) is 0. The fourth-order valence-corrected chi connectivity index (χ4v) is 2.64. The van der Waals surface area contributed by atoms with Crippen LogP contribution in [-0.2, 0) is 16.0 Å². The van der Waals surface area contributed by atoms with Crippen LogP contribution in [0.5, 0.6) is 0 Å². The van der Waals surface area contributed by atoms with Crippen molar-refractivity contribution in [3.8, 4) is 0 Å². The van der Waals surface area contributed by atoms with Gasteiger partial charge in [-0.25, -0.2) is 0 Å². The van der Waals surface area contributed by atoms with Crippen molar-refractivity contribution in [2.75, 3.05) is 18.0 Å². The van der Waals surface area contributed by atoms with Gasteiger partial charge in [0.15, 0.2) is 0 Å². The number of fused-ring (bicyclic) bond motifs is 1. The maximum absolute atomic E-state index is 12.3. The minimum atomic E-state index is -0.949. The molecule has 0 aliphatic carbocycles. The van der Waals surface area contributed by atoms with Crippen LogP contribution < -0.4 is 10.2 Å². The fraction of sp³-hybridized carbons (Fsp3) is 0.529. The first-order valence-corrected chi connectivity index (χ1v) is 7.82. The first-order chi connectivity index (χ1) is 10.4. The van der Waals surface area contributed by atoms with Gasteiger partial charge in [-0.2, -0.15) is 0 Å².